The summed E-state index contributed by atoms with van der Waals surface area (Å²) in [5.41, 5.74) is 3.66. The predicted octanol–water partition coefficient (Wildman–Crippen LogP) is 4.92. The van der Waals surface area contributed by atoms with Crippen molar-refractivity contribution in [2.75, 3.05) is 6.54 Å². The first-order valence-corrected chi connectivity index (χ1v) is 10.9. The van der Waals surface area contributed by atoms with Gasteiger partial charge in [0.25, 0.3) is 5.91 Å². The van der Waals surface area contributed by atoms with E-state index in [9.17, 15) is 9.59 Å². The van der Waals surface area contributed by atoms with Crippen molar-refractivity contribution < 1.29 is 9.59 Å². The lowest BCUT2D eigenvalue weighted by Gasteiger charge is -2.36. The number of nitrogens with zero attached hydrogens (tertiary/aromatic N) is 1. The fraction of sp³-hybridized carbons (Fsp3) is 0.200. The minimum absolute atomic E-state index is 0.143. The van der Waals surface area contributed by atoms with E-state index in [-0.39, 0.29) is 11.8 Å². The molecule has 0 saturated heterocycles. The summed E-state index contributed by atoms with van der Waals surface area (Å²) in [5, 5.41) is 4.14. The Morgan fingerprint density at radius 2 is 1.65 bits per heavy atom. The molecule has 0 radical (unpaired) electrons. The first-order valence-electron chi connectivity index (χ1n) is 10.2. The molecule has 2 amide bonds. The Labute approximate surface area is 191 Å². The van der Waals surface area contributed by atoms with Crippen LogP contribution in [0.4, 0.5) is 0 Å². The zero-order valence-corrected chi connectivity index (χ0v) is 18.4. The summed E-state index contributed by atoms with van der Waals surface area (Å²) in [5.74, 6) is -0.306. The van der Waals surface area contributed by atoms with Gasteiger partial charge in [-0.3, -0.25) is 9.59 Å². The van der Waals surface area contributed by atoms with Gasteiger partial charge in [-0.15, -0.1) is 0 Å². The fourth-order valence-corrected chi connectivity index (χ4v) is 4.38. The highest BCUT2D eigenvalue weighted by molar-refractivity contribution is 6.35. The van der Waals surface area contributed by atoms with Crippen LogP contribution in [0.2, 0.25) is 10.0 Å². The zero-order valence-electron chi connectivity index (χ0n) is 16.9. The summed E-state index contributed by atoms with van der Waals surface area (Å²) in [4.78, 5) is 28.0. The third-order valence-electron chi connectivity index (χ3n) is 5.54. The van der Waals surface area contributed by atoms with E-state index in [4.69, 9.17) is 23.2 Å². The van der Waals surface area contributed by atoms with Crippen LogP contribution < -0.4 is 5.32 Å². The number of halogens is 2. The van der Waals surface area contributed by atoms with Gasteiger partial charge in [-0.05, 0) is 47.4 Å². The van der Waals surface area contributed by atoms with Crippen LogP contribution in [0.15, 0.2) is 72.8 Å². The second-order valence-corrected chi connectivity index (χ2v) is 8.41. The Balaban J connectivity index is 1.50. The second-order valence-electron chi connectivity index (χ2n) is 7.56. The van der Waals surface area contributed by atoms with Crippen LogP contribution in [0.25, 0.3) is 0 Å². The topological polar surface area (TPSA) is 49.4 Å². The average Bonchev–Trinajstić information content (AvgIpc) is 2.79. The van der Waals surface area contributed by atoms with E-state index in [1.807, 2.05) is 48.5 Å². The predicted molar refractivity (Wildman–Crippen MR) is 123 cm³/mol. The van der Waals surface area contributed by atoms with E-state index in [0.717, 1.165) is 16.7 Å². The second kappa shape index (κ2) is 9.54. The molecule has 1 aliphatic heterocycles. The maximum Gasteiger partial charge on any atom is 0.254 e. The highest BCUT2D eigenvalue weighted by Gasteiger charge is 2.34. The number of amides is 2. The average molecular weight is 453 g/mol. The van der Waals surface area contributed by atoms with Crippen LogP contribution in [-0.2, 0) is 24.2 Å². The highest BCUT2D eigenvalue weighted by atomic mass is 35.5. The van der Waals surface area contributed by atoms with E-state index < -0.39 is 6.04 Å². The van der Waals surface area contributed by atoms with Crippen molar-refractivity contribution >= 4 is 35.0 Å². The molecule has 0 unspecified atom stereocenters. The van der Waals surface area contributed by atoms with Crippen LogP contribution in [0.5, 0.6) is 0 Å². The van der Waals surface area contributed by atoms with Crippen molar-refractivity contribution in [2.45, 2.75) is 25.4 Å². The van der Waals surface area contributed by atoms with E-state index >= 15 is 0 Å². The molecular formula is C25H22Cl2N2O2. The lowest BCUT2D eigenvalue weighted by atomic mass is 9.92. The molecule has 0 fully saturated rings. The molecule has 0 bridgehead atoms. The molecule has 3 aromatic carbocycles. The van der Waals surface area contributed by atoms with Gasteiger partial charge < -0.3 is 10.2 Å². The molecule has 0 aromatic heterocycles. The first-order chi connectivity index (χ1) is 15.0. The van der Waals surface area contributed by atoms with Gasteiger partial charge in [-0.25, -0.2) is 0 Å². The molecule has 4 rings (SSSR count). The minimum atomic E-state index is -0.566. The molecule has 158 valence electrons. The normalized spacial score (nSPS) is 15.3. The molecule has 6 heteroatoms. The standard InChI is InChI=1S/C25H22Cl2N2O2/c26-21-11-10-17(22(27)15-21)12-13-28-24(30)23-14-19-8-4-5-9-20(19)16-29(23)25(31)18-6-2-1-3-7-18/h1-11,15,23H,12-14,16H2,(H,28,30)/t23-/m1/s1. The molecule has 31 heavy (non-hydrogen) atoms. The Morgan fingerprint density at radius 3 is 2.39 bits per heavy atom. The molecule has 0 spiro atoms. The van der Waals surface area contributed by atoms with Crippen molar-refractivity contribution in [3.8, 4) is 0 Å². The van der Waals surface area contributed by atoms with Gasteiger partial charge in [0.05, 0.1) is 0 Å². The van der Waals surface area contributed by atoms with Crippen LogP contribution in [0.1, 0.15) is 27.0 Å². The number of hydrogen-bond donors (Lipinski definition) is 1. The Kier molecular flexibility index (Phi) is 6.59. The van der Waals surface area contributed by atoms with Crippen molar-refractivity contribution in [1.82, 2.24) is 10.2 Å². The molecule has 1 aliphatic rings. The molecule has 0 saturated carbocycles. The highest BCUT2D eigenvalue weighted by Crippen LogP contribution is 2.25. The number of hydrogen-bond acceptors (Lipinski definition) is 2. The van der Waals surface area contributed by atoms with Crippen LogP contribution in [0, 0.1) is 0 Å². The van der Waals surface area contributed by atoms with Crippen LogP contribution >= 0.6 is 23.2 Å². The first kappa shape index (κ1) is 21.4. The van der Waals surface area contributed by atoms with Gasteiger partial charge in [-0.1, -0.05) is 71.7 Å². The molecule has 1 N–H and O–H groups in total. The van der Waals surface area contributed by atoms with Crippen molar-refractivity contribution in [1.29, 1.82) is 0 Å². The number of rotatable bonds is 5. The third-order valence-corrected chi connectivity index (χ3v) is 6.13. The zero-order chi connectivity index (χ0) is 21.8. The quantitative estimate of drug-likeness (QED) is 0.596. The summed E-state index contributed by atoms with van der Waals surface area (Å²) in [6, 6.07) is 21.8. The third kappa shape index (κ3) is 4.92. The van der Waals surface area contributed by atoms with Crippen molar-refractivity contribution in [3.63, 3.8) is 0 Å². The van der Waals surface area contributed by atoms with E-state index in [2.05, 4.69) is 5.32 Å². The molecule has 0 aliphatic carbocycles. The number of benzene rings is 3. The van der Waals surface area contributed by atoms with Crippen LogP contribution in [-0.4, -0.2) is 29.3 Å². The number of carbonyl (C=O) groups is 2. The smallest absolute Gasteiger partial charge is 0.254 e. The van der Waals surface area contributed by atoms with E-state index in [1.165, 1.54) is 0 Å². The fourth-order valence-electron chi connectivity index (χ4n) is 3.88. The van der Waals surface area contributed by atoms with E-state index in [0.29, 0.717) is 41.5 Å². The van der Waals surface area contributed by atoms with E-state index in [1.54, 1.807) is 29.2 Å². The molecular weight excluding hydrogens is 431 g/mol. The number of carbonyl (C=O) groups excluding carboxylic acids is 2. The van der Waals surface area contributed by atoms with Gasteiger partial charge in [-0.2, -0.15) is 0 Å². The monoisotopic (exact) mass is 452 g/mol. The minimum Gasteiger partial charge on any atom is -0.354 e. The number of nitrogens with one attached hydrogen (secondary N) is 1. The maximum absolute atomic E-state index is 13.2. The van der Waals surface area contributed by atoms with Gasteiger partial charge in [0, 0.05) is 35.1 Å². The van der Waals surface area contributed by atoms with Crippen LogP contribution in [0.3, 0.4) is 0 Å². The van der Waals surface area contributed by atoms with Crippen molar-refractivity contribution in [2.24, 2.45) is 0 Å². The summed E-state index contributed by atoms with van der Waals surface area (Å²) < 4.78 is 0. The lowest BCUT2D eigenvalue weighted by molar-refractivity contribution is -0.126. The number of fused-ring (bicyclic) bond motifs is 1. The van der Waals surface area contributed by atoms with Gasteiger partial charge >= 0.3 is 0 Å². The Morgan fingerprint density at radius 1 is 0.935 bits per heavy atom. The van der Waals surface area contributed by atoms with Gasteiger partial charge in [0.1, 0.15) is 6.04 Å². The lowest BCUT2D eigenvalue weighted by Crippen LogP contribution is -2.52. The Hall–Kier alpha value is -2.82. The molecule has 1 heterocycles. The van der Waals surface area contributed by atoms with Crippen molar-refractivity contribution in [3.05, 3.63) is 105 Å². The molecule has 3 aromatic rings. The summed E-state index contributed by atoms with van der Waals surface area (Å²) in [6.45, 7) is 0.830. The SMILES string of the molecule is O=C(NCCc1ccc(Cl)cc1Cl)[C@H]1Cc2ccccc2CN1C(=O)c1ccccc1. The molecule has 1 atom stereocenters. The molecule has 4 nitrogen and oxygen atoms in total. The van der Waals surface area contributed by atoms with Gasteiger partial charge in [0.2, 0.25) is 5.91 Å². The maximum atomic E-state index is 13.2. The summed E-state index contributed by atoms with van der Waals surface area (Å²) in [6.07, 6.45) is 1.07. The summed E-state index contributed by atoms with van der Waals surface area (Å²) >= 11 is 12.2. The Bertz CT molecular complexity index is 1100. The van der Waals surface area contributed by atoms with Gasteiger partial charge in [0.15, 0.2) is 0 Å². The summed E-state index contributed by atoms with van der Waals surface area (Å²) in [7, 11) is 0. The largest absolute Gasteiger partial charge is 0.354 e.